The Labute approximate surface area is 87.0 Å². The van der Waals surface area contributed by atoms with Crippen molar-refractivity contribution >= 4 is 0 Å². The highest BCUT2D eigenvalue weighted by molar-refractivity contribution is 4.94. The van der Waals surface area contributed by atoms with Crippen molar-refractivity contribution in [2.75, 3.05) is 6.54 Å². The molecule has 2 bridgehead atoms. The lowest BCUT2D eigenvalue weighted by Gasteiger charge is -2.48. The maximum absolute atomic E-state index is 5.56. The normalized spacial score (nSPS) is 38.6. The highest BCUT2D eigenvalue weighted by Gasteiger charge is 2.36. The van der Waals surface area contributed by atoms with Crippen molar-refractivity contribution in [2.45, 2.75) is 63.6 Å². The third kappa shape index (κ3) is 1.95. The van der Waals surface area contributed by atoms with Crippen molar-refractivity contribution in [1.82, 2.24) is 10.3 Å². The molecule has 0 spiro atoms. The summed E-state index contributed by atoms with van der Waals surface area (Å²) >= 11 is 0. The Balaban J connectivity index is 1.99. The predicted octanol–water partition coefficient (Wildman–Crippen LogP) is 1.25. The van der Waals surface area contributed by atoms with Crippen LogP contribution in [0.5, 0.6) is 0 Å². The first-order valence-electron chi connectivity index (χ1n) is 6.07. The van der Waals surface area contributed by atoms with Gasteiger partial charge in [0.2, 0.25) is 0 Å². The Morgan fingerprint density at radius 2 is 1.93 bits per heavy atom. The van der Waals surface area contributed by atoms with Crippen molar-refractivity contribution < 1.29 is 0 Å². The average Bonchev–Trinajstić information content (AvgIpc) is 2.17. The topological polar surface area (TPSA) is 41.3 Å². The molecule has 0 aliphatic carbocycles. The van der Waals surface area contributed by atoms with Crippen LogP contribution in [0.1, 0.15) is 45.4 Å². The molecule has 14 heavy (non-hydrogen) atoms. The summed E-state index contributed by atoms with van der Waals surface area (Å²) in [6, 6.07) is 2.19. The molecular weight excluding hydrogens is 174 g/mol. The fourth-order valence-electron chi connectivity index (χ4n) is 3.24. The number of rotatable bonds is 3. The Morgan fingerprint density at radius 3 is 2.43 bits per heavy atom. The number of piperidine rings is 2. The molecule has 0 aromatic carbocycles. The molecule has 3 nitrogen and oxygen atoms in total. The van der Waals surface area contributed by atoms with Crippen molar-refractivity contribution in [2.24, 2.45) is 5.84 Å². The molecule has 2 heterocycles. The number of fused-ring (bicyclic) bond motifs is 2. The molecule has 0 saturated carbocycles. The van der Waals surface area contributed by atoms with E-state index in [9.17, 15) is 0 Å². The van der Waals surface area contributed by atoms with Crippen LogP contribution in [-0.4, -0.2) is 29.6 Å². The van der Waals surface area contributed by atoms with Crippen LogP contribution in [-0.2, 0) is 0 Å². The summed E-state index contributed by atoms with van der Waals surface area (Å²) in [5.41, 5.74) is 2.97. The molecule has 2 rings (SSSR count). The first kappa shape index (κ1) is 10.4. The molecule has 2 saturated heterocycles. The zero-order chi connectivity index (χ0) is 9.97. The molecule has 0 aromatic heterocycles. The average molecular weight is 197 g/mol. The molecule has 1 unspecified atom stereocenters. The molecule has 3 atom stereocenters. The number of hydrogen-bond acceptors (Lipinski definition) is 3. The van der Waals surface area contributed by atoms with Gasteiger partial charge in [-0.25, -0.2) is 0 Å². The molecule has 2 aliphatic heterocycles. The van der Waals surface area contributed by atoms with Gasteiger partial charge in [0.05, 0.1) is 0 Å². The summed E-state index contributed by atoms with van der Waals surface area (Å²) in [4.78, 5) is 2.73. The van der Waals surface area contributed by atoms with E-state index in [0.29, 0.717) is 6.04 Å². The molecule has 3 heteroatoms. The minimum absolute atomic E-state index is 0.568. The van der Waals surface area contributed by atoms with Gasteiger partial charge in [-0.2, -0.15) is 0 Å². The second kappa shape index (κ2) is 4.60. The van der Waals surface area contributed by atoms with Gasteiger partial charge < -0.3 is 0 Å². The second-order valence-electron chi connectivity index (χ2n) is 4.81. The SMILES string of the molecule is CCCN1[C@@H]2CCC[C@H]1CC(NN)C2. The Morgan fingerprint density at radius 1 is 1.29 bits per heavy atom. The third-order valence-corrected chi connectivity index (χ3v) is 3.84. The van der Waals surface area contributed by atoms with Gasteiger partial charge in [-0.05, 0) is 38.6 Å². The smallest absolute Gasteiger partial charge is 0.0240 e. The van der Waals surface area contributed by atoms with Crippen molar-refractivity contribution in [3.63, 3.8) is 0 Å². The van der Waals surface area contributed by atoms with Gasteiger partial charge in [0.1, 0.15) is 0 Å². The molecular formula is C11H23N3. The first-order chi connectivity index (χ1) is 6.85. The maximum Gasteiger partial charge on any atom is 0.0240 e. The van der Waals surface area contributed by atoms with E-state index in [2.05, 4.69) is 17.2 Å². The van der Waals surface area contributed by atoms with Crippen LogP contribution in [0.2, 0.25) is 0 Å². The molecule has 3 N–H and O–H groups in total. The highest BCUT2D eigenvalue weighted by atomic mass is 15.3. The summed E-state index contributed by atoms with van der Waals surface area (Å²) in [5.74, 6) is 5.56. The van der Waals surface area contributed by atoms with Crippen LogP contribution in [0, 0.1) is 0 Å². The van der Waals surface area contributed by atoms with E-state index in [1.165, 1.54) is 45.1 Å². The monoisotopic (exact) mass is 197 g/mol. The van der Waals surface area contributed by atoms with E-state index in [4.69, 9.17) is 5.84 Å². The zero-order valence-corrected chi connectivity index (χ0v) is 9.21. The van der Waals surface area contributed by atoms with Gasteiger partial charge in [0, 0.05) is 18.1 Å². The van der Waals surface area contributed by atoms with E-state index in [1.807, 2.05) is 0 Å². The zero-order valence-electron chi connectivity index (χ0n) is 9.21. The minimum Gasteiger partial charge on any atom is -0.297 e. The van der Waals surface area contributed by atoms with E-state index in [-0.39, 0.29) is 0 Å². The molecule has 0 radical (unpaired) electrons. The number of nitrogens with zero attached hydrogens (tertiary/aromatic N) is 1. The highest BCUT2D eigenvalue weighted by Crippen LogP contribution is 2.33. The number of hydrogen-bond donors (Lipinski definition) is 2. The predicted molar refractivity (Wildman–Crippen MR) is 58.8 cm³/mol. The Bertz CT molecular complexity index is 169. The molecule has 2 aliphatic rings. The fourth-order valence-corrected chi connectivity index (χ4v) is 3.24. The Kier molecular flexibility index (Phi) is 3.42. The summed E-state index contributed by atoms with van der Waals surface area (Å²) in [6.45, 7) is 3.57. The summed E-state index contributed by atoms with van der Waals surface area (Å²) in [6.07, 6.45) is 7.99. The van der Waals surface area contributed by atoms with Gasteiger partial charge in [-0.15, -0.1) is 0 Å². The lowest BCUT2D eigenvalue weighted by molar-refractivity contribution is 0.0248. The van der Waals surface area contributed by atoms with Crippen molar-refractivity contribution in [1.29, 1.82) is 0 Å². The third-order valence-electron chi connectivity index (χ3n) is 3.84. The van der Waals surface area contributed by atoms with Gasteiger partial charge in [0.25, 0.3) is 0 Å². The Hall–Kier alpha value is -0.120. The standard InChI is InChI=1S/C11H23N3/c1-2-6-14-10-4-3-5-11(14)8-9(7-10)13-12/h9-11,13H,2-8,12H2,1H3/t9?,10-,11+. The number of nitrogens with two attached hydrogens (primary N) is 1. The minimum atomic E-state index is 0.568. The maximum atomic E-state index is 5.56. The van der Waals surface area contributed by atoms with Gasteiger partial charge in [0.15, 0.2) is 0 Å². The quantitative estimate of drug-likeness (QED) is 0.528. The van der Waals surface area contributed by atoms with Gasteiger partial charge in [-0.1, -0.05) is 13.3 Å². The van der Waals surface area contributed by atoms with Gasteiger partial charge in [-0.3, -0.25) is 16.2 Å². The van der Waals surface area contributed by atoms with Crippen LogP contribution in [0.3, 0.4) is 0 Å². The van der Waals surface area contributed by atoms with E-state index < -0.39 is 0 Å². The number of nitrogens with one attached hydrogen (secondary N) is 1. The number of hydrazine groups is 1. The van der Waals surface area contributed by atoms with Crippen LogP contribution in [0.4, 0.5) is 0 Å². The summed E-state index contributed by atoms with van der Waals surface area (Å²) in [7, 11) is 0. The fraction of sp³-hybridized carbons (Fsp3) is 1.00. The summed E-state index contributed by atoms with van der Waals surface area (Å²) < 4.78 is 0. The van der Waals surface area contributed by atoms with Crippen LogP contribution < -0.4 is 11.3 Å². The van der Waals surface area contributed by atoms with Crippen molar-refractivity contribution in [3.8, 4) is 0 Å². The molecule has 0 aromatic rings. The van der Waals surface area contributed by atoms with Crippen LogP contribution in [0.25, 0.3) is 0 Å². The lowest BCUT2D eigenvalue weighted by atomic mass is 9.82. The van der Waals surface area contributed by atoms with Crippen LogP contribution in [0.15, 0.2) is 0 Å². The van der Waals surface area contributed by atoms with Gasteiger partial charge >= 0.3 is 0 Å². The van der Waals surface area contributed by atoms with Crippen LogP contribution >= 0.6 is 0 Å². The molecule has 82 valence electrons. The summed E-state index contributed by atoms with van der Waals surface area (Å²) in [5, 5.41) is 0. The van der Waals surface area contributed by atoms with E-state index in [0.717, 1.165) is 12.1 Å². The second-order valence-corrected chi connectivity index (χ2v) is 4.81. The van der Waals surface area contributed by atoms with Crippen molar-refractivity contribution in [3.05, 3.63) is 0 Å². The first-order valence-corrected chi connectivity index (χ1v) is 6.07. The molecule has 2 fully saturated rings. The van der Waals surface area contributed by atoms with E-state index in [1.54, 1.807) is 0 Å². The molecule has 0 amide bonds. The largest absolute Gasteiger partial charge is 0.297 e. The van der Waals surface area contributed by atoms with E-state index >= 15 is 0 Å². The lowest BCUT2D eigenvalue weighted by Crippen LogP contribution is -2.57.